The van der Waals surface area contributed by atoms with E-state index in [1.54, 1.807) is 41.3 Å². The summed E-state index contributed by atoms with van der Waals surface area (Å²) >= 11 is 12.0. The van der Waals surface area contributed by atoms with Crippen LogP contribution in [0.5, 0.6) is 0 Å². The number of piperidine rings is 1. The first-order valence-corrected chi connectivity index (χ1v) is 10.0. The van der Waals surface area contributed by atoms with Crippen molar-refractivity contribution < 1.29 is 14.4 Å². The molecule has 2 aromatic rings. The monoisotopic (exact) mass is 433 g/mol. The van der Waals surface area contributed by atoms with Crippen molar-refractivity contribution >= 4 is 46.6 Å². The summed E-state index contributed by atoms with van der Waals surface area (Å²) in [6.45, 7) is 2.48. The van der Waals surface area contributed by atoms with E-state index in [1.807, 2.05) is 0 Å². The molecule has 0 aromatic heterocycles. The lowest BCUT2D eigenvalue weighted by atomic mass is 10.0. The molecule has 1 aliphatic rings. The highest BCUT2D eigenvalue weighted by molar-refractivity contribution is 6.36. The molecule has 152 valence electrons. The number of likely N-dealkylation sites (tertiary alicyclic amines) is 1. The van der Waals surface area contributed by atoms with E-state index in [2.05, 4.69) is 10.6 Å². The first kappa shape index (κ1) is 21.1. The van der Waals surface area contributed by atoms with Crippen molar-refractivity contribution in [3.63, 3.8) is 0 Å². The number of anilines is 1. The molecule has 29 heavy (non-hydrogen) atoms. The van der Waals surface area contributed by atoms with Crippen LogP contribution in [0.15, 0.2) is 42.5 Å². The topological polar surface area (TPSA) is 78.5 Å². The van der Waals surface area contributed by atoms with Crippen molar-refractivity contribution in [3.05, 3.63) is 63.6 Å². The van der Waals surface area contributed by atoms with Gasteiger partial charge in [-0.15, -0.1) is 0 Å². The molecule has 0 aliphatic carbocycles. The second-order valence-electron chi connectivity index (χ2n) is 6.93. The van der Waals surface area contributed by atoms with Crippen LogP contribution in [0.1, 0.15) is 40.5 Å². The van der Waals surface area contributed by atoms with Crippen molar-refractivity contribution in [2.45, 2.75) is 25.8 Å². The van der Waals surface area contributed by atoms with Crippen molar-refractivity contribution in [2.75, 3.05) is 18.4 Å². The zero-order chi connectivity index (χ0) is 21.0. The number of rotatable bonds is 4. The largest absolute Gasteiger partial charge is 0.349 e. The van der Waals surface area contributed by atoms with Crippen LogP contribution in [0.4, 0.5) is 5.69 Å². The zero-order valence-corrected chi connectivity index (χ0v) is 17.4. The lowest BCUT2D eigenvalue weighted by molar-refractivity contribution is -0.114. The first-order valence-electron chi connectivity index (χ1n) is 9.26. The molecule has 1 aliphatic heterocycles. The SMILES string of the molecule is CC(=O)Nc1cccc(C(=O)N2CCC(NC(=O)c3ccc(Cl)cc3Cl)CC2)c1. The molecule has 0 radical (unpaired) electrons. The van der Waals surface area contributed by atoms with E-state index < -0.39 is 0 Å². The van der Waals surface area contributed by atoms with Gasteiger partial charge in [-0.2, -0.15) is 0 Å². The van der Waals surface area contributed by atoms with Crippen molar-refractivity contribution in [1.29, 1.82) is 0 Å². The maximum Gasteiger partial charge on any atom is 0.253 e. The third-order valence-electron chi connectivity index (χ3n) is 4.72. The fraction of sp³-hybridized carbons (Fsp3) is 0.286. The van der Waals surface area contributed by atoms with Gasteiger partial charge < -0.3 is 15.5 Å². The number of hydrogen-bond donors (Lipinski definition) is 2. The molecule has 3 rings (SSSR count). The molecule has 1 heterocycles. The van der Waals surface area contributed by atoms with E-state index in [0.29, 0.717) is 52.8 Å². The predicted octanol–water partition coefficient (Wildman–Crippen LogP) is 3.99. The highest BCUT2D eigenvalue weighted by Gasteiger charge is 2.25. The van der Waals surface area contributed by atoms with Gasteiger partial charge in [0.2, 0.25) is 5.91 Å². The molecule has 0 saturated carbocycles. The Hall–Kier alpha value is -2.57. The molecule has 1 fully saturated rings. The highest BCUT2D eigenvalue weighted by Crippen LogP contribution is 2.22. The summed E-state index contributed by atoms with van der Waals surface area (Å²) in [6.07, 6.45) is 1.29. The van der Waals surface area contributed by atoms with E-state index in [-0.39, 0.29) is 23.8 Å². The highest BCUT2D eigenvalue weighted by atomic mass is 35.5. The van der Waals surface area contributed by atoms with Gasteiger partial charge >= 0.3 is 0 Å². The summed E-state index contributed by atoms with van der Waals surface area (Å²) in [5.74, 6) is -0.533. The molecule has 2 aromatic carbocycles. The third-order valence-corrected chi connectivity index (χ3v) is 5.27. The molecule has 6 nitrogen and oxygen atoms in total. The van der Waals surface area contributed by atoms with Crippen LogP contribution in [0, 0.1) is 0 Å². The minimum absolute atomic E-state index is 0.0380. The Labute approximate surface area is 179 Å². The lowest BCUT2D eigenvalue weighted by Crippen LogP contribution is -2.46. The summed E-state index contributed by atoms with van der Waals surface area (Å²) < 4.78 is 0. The third kappa shape index (κ3) is 5.49. The van der Waals surface area contributed by atoms with Gasteiger partial charge in [0.15, 0.2) is 0 Å². The Morgan fingerprint density at radius 3 is 2.41 bits per heavy atom. The van der Waals surface area contributed by atoms with Crippen molar-refractivity contribution in [3.8, 4) is 0 Å². The lowest BCUT2D eigenvalue weighted by Gasteiger charge is -2.32. The average Bonchev–Trinajstić information content (AvgIpc) is 2.67. The Balaban J connectivity index is 1.57. The number of carbonyl (C=O) groups excluding carboxylic acids is 3. The van der Waals surface area contributed by atoms with Gasteiger partial charge in [-0.3, -0.25) is 14.4 Å². The van der Waals surface area contributed by atoms with Gasteiger partial charge in [0, 0.05) is 42.3 Å². The standard InChI is InChI=1S/C21H21Cl2N3O3/c1-13(27)24-17-4-2-3-14(11-17)21(29)26-9-7-16(8-10-26)25-20(28)18-6-5-15(22)12-19(18)23/h2-6,11-12,16H,7-10H2,1H3,(H,24,27)(H,25,28). The minimum Gasteiger partial charge on any atom is -0.349 e. The van der Waals surface area contributed by atoms with Crippen LogP contribution in [0.3, 0.4) is 0 Å². The molecule has 3 amide bonds. The summed E-state index contributed by atoms with van der Waals surface area (Å²) in [4.78, 5) is 38.2. The van der Waals surface area contributed by atoms with Crippen molar-refractivity contribution in [1.82, 2.24) is 10.2 Å². The molecule has 8 heteroatoms. The molecular formula is C21H21Cl2N3O3. The normalized spacial score (nSPS) is 14.4. The van der Waals surface area contributed by atoms with Crippen LogP contribution in [0.2, 0.25) is 10.0 Å². The number of benzene rings is 2. The van der Waals surface area contributed by atoms with Gasteiger partial charge in [-0.25, -0.2) is 0 Å². The minimum atomic E-state index is -0.251. The molecule has 2 N–H and O–H groups in total. The van der Waals surface area contributed by atoms with Crippen LogP contribution in [-0.4, -0.2) is 41.8 Å². The second kappa shape index (κ2) is 9.29. The number of nitrogens with one attached hydrogen (secondary N) is 2. The second-order valence-corrected chi connectivity index (χ2v) is 7.77. The number of nitrogens with zero attached hydrogens (tertiary/aromatic N) is 1. The summed E-state index contributed by atoms with van der Waals surface area (Å²) in [7, 11) is 0. The molecule has 1 saturated heterocycles. The first-order chi connectivity index (χ1) is 13.8. The maximum atomic E-state index is 12.8. The summed E-state index contributed by atoms with van der Waals surface area (Å²) in [6, 6.07) is 11.6. The Bertz CT molecular complexity index is 941. The van der Waals surface area contributed by atoms with Crippen LogP contribution >= 0.6 is 23.2 Å². The van der Waals surface area contributed by atoms with Crippen LogP contribution in [0.25, 0.3) is 0 Å². The van der Waals surface area contributed by atoms with Gasteiger partial charge in [0.1, 0.15) is 0 Å². The van der Waals surface area contributed by atoms with E-state index in [9.17, 15) is 14.4 Å². The van der Waals surface area contributed by atoms with Crippen LogP contribution in [-0.2, 0) is 4.79 Å². The summed E-state index contributed by atoms with van der Waals surface area (Å²) in [5.41, 5.74) is 1.49. The molecule has 0 atom stereocenters. The zero-order valence-electron chi connectivity index (χ0n) is 15.9. The van der Waals surface area contributed by atoms with E-state index in [0.717, 1.165) is 0 Å². The number of carbonyl (C=O) groups is 3. The van der Waals surface area contributed by atoms with E-state index >= 15 is 0 Å². The number of hydrogen-bond acceptors (Lipinski definition) is 3. The molecular weight excluding hydrogens is 413 g/mol. The fourth-order valence-corrected chi connectivity index (χ4v) is 3.77. The number of halogens is 2. The Kier molecular flexibility index (Phi) is 6.77. The van der Waals surface area contributed by atoms with Gasteiger partial charge in [0.05, 0.1) is 10.6 Å². The fourth-order valence-electron chi connectivity index (χ4n) is 3.28. The molecule has 0 bridgehead atoms. The Morgan fingerprint density at radius 1 is 1.03 bits per heavy atom. The molecule has 0 unspecified atom stereocenters. The smallest absolute Gasteiger partial charge is 0.253 e. The quantitative estimate of drug-likeness (QED) is 0.764. The Morgan fingerprint density at radius 2 is 1.76 bits per heavy atom. The van der Waals surface area contributed by atoms with Gasteiger partial charge in [-0.05, 0) is 49.2 Å². The predicted molar refractivity (Wildman–Crippen MR) is 114 cm³/mol. The van der Waals surface area contributed by atoms with Crippen LogP contribution < -0.4 is 10.6 Å². The average molecular weight is 434 g/mol. The van der Waals surface area contributed by atoms with Gasteiger partial charge in [0.25, 0.3) is 11.8 Å². The van der Waals surface area contributed by atoms with Gasteiger partial charge in [-0.1, -0.05) is 29.3 Å². The summed E-state index contributed by atoms with van der Waals surface area (Å²) in [5, 5.41) is 6.43. The maximum absolute atomic E-state index is 12.8. The van der Waals surface area contributed by atoms with Crippen molar-refractivity contribution in [2.24, 2.45) is 0 Å². The number of amides is 3. The van der Waals surface area contributed by atoms with E-state index in [1.165, 1.54) is 13.0 Å². The van der Waals surface area contributed by atoms with E-state index in [4.69, 9.17) is 23.2 Å². The molecule has 0 spiro atoms.